The molecule has 13 heteroatoms. The normalized spacial score (nSPS) is 14.3. The third-order valence-electron chi connectivity index (χ3n) is 8.14. The molecule has 2 aliphatic rings. The van der Waals surface area contributed by atoms with Crippen molar-refractivity contribution in [3.63, 3.8) is 0 Å². The minimum atomic E-state index is -0.277. The molecule has 0 spiro atoms. The van der Waals surface area contributed by atoms with Crippen molar-refractivity contribution in [3.05, 3.63) is 126 Å². The first kappa shape index (κ1) is 35.2. The number of piperazine rings is 2. The number of aromatic nitrogens is 2. The minimum Gasteiger partial charge on any atom is -0.445 e. The van der Waals surface area contributed by atoms with Gasteiger partial charge >= 0.3 is 12.2 Å². The number of hydrogen-bond donors (Lipinski definition) is 1. The Morgan fingerprint density at radius 1 is 0.608 bits per heavy atom. The van der Waals surface area contributed by atoms with E-state index < -0.39 is 0 Å². The minimum absolute atomic E-state index is 0.196. The number of para-hydroxylation sites is 4. The van der Waals surface area contributed by atoms with E-state index in [9.17, 15) is 9.59 Å². The largest absolute Gasteiger partial charge is 0.445 e. The molecule has 4 heterocycles. The number of ether oxygens (including phenoxy) is 2. The van der Waals surface area contributed by atoms with E-state index in [0.29, 0.717) is 45.4 Å². The zero-order valence-corrected chi connectivity index (χ0v) is 28.8. The van der Waals surface area contributed by atoms with E-state index in [1.807, 2.05) is 109 Å². The highest BCUT2D eigenvalue weighted by molar-refractivity contribution is 6.28. The SMILES string of the molecule is Clc1nc2ccccc2o1.O=C(OCc1ccccc1)N1CCN(c2nc3ccccc3o2)CC1.O=C(OCc1ccccc1)N1CCNCC1. The standard InChI is InChI=1S/C19H19N3O3.C12H16N2O2.C7H4ClNO/c23-19(24-14-15-6-2-1-3-7-15)22-12-10-21(11-13-22)18-20-16-8-4-5-9-17(16)25-18;15-12(14-8-6-13-7-9-14)16-10-11-4-2-1-3-5-11;8-7-9-5-3-1-2-4-6(5)10-7/h1-9H,10-14H2;1-5,13H,6-10H2;1-4H. The number of fused-ring (bicyclic) bond motifs is 2. The lowest BCUT2D eigenvalue weighted by atomic mass is 10.2. The summed E-state index contributed by atoms with van der Waals surface area (Å²) >= 11 is 5.51. The van der Waals surface area contributed by atoms with Crippen LogP contribution < -0.4 is 10.2 Å². The molecule has 2 fully saturated rings. The number of hydrogen-bond acceptors (Lipinski definition) is 10. The van der Waals surface area contributed by atoms with Crippen molar-refractivity contribution in [2.24, 2.45) is 0 Å². The van der Waals surface area contributed by atoms with Crippen LogP contribution >= 0.6 is 11.6 Å². The number of nitrogens with one attached hydrogen (secondary N) is 1. The molecule has 4 aromatic carbocycles. The Morgan fingerprint density at radius 3 is 1.61 bits per heavy atom. The molecule has 51 heavy (non-hydrogen) atoms. The Balaban J connectivity index is 0.000000146. The summed E-state index contributed by atoms with van der Waals surface area (Å²) in [6.07, 6.45) is -0.494. The van der Waals surface area contributed by atoms with Gasteiger partial charge in [0.1, 0.15) is 24.2 Å². The summed E-state index contributed by atoms with van der Waals surface area (Å²) in [6.45, 7) is 6.33. The Labute approximate surface area is 300 Å². The summed E-state index contributed by atoms with van der Waals surface area (Å²) in [4.78, 5) is 37.8. The monoisotopic (exact) mass is 710 g/mol. The lowest BCUT2D eigenvalue weighted by molar-refractivity contribution is 0.0916. The van der Waals surface area contributed by atoms with E-state index in [0.717, 1.165) is 59.5 Å². The van der Waals surface area contributed by atoms with Gasteiger partial charge in [0.2, 0.25) is 0 Å². The van der Waals surface area contributed by atoms with Crippen LogP contribution in [0.15, 0.2) is 118 Å². The highest BCUT2D eigenvalue weighted by Crippen LogP contribution is 2.23. The van der Waals surface area contributed by atoms with E-state index in [2.05, 4.69) is 20.2 Å². The number of halogens is 1. The van der Waals surface area contributed by atoms with Crippen molar-refractivity contribution in [2.45, 2.75) is 13.2 Å². The fraction of sp³-hybridized carbons (Fsp3) is 0.263. The van der Waals surface area contributed by atoms with Crippen molar-refractivity contribution >= 4 is 52.0 Å². The lowest BCUT2D eigenvalue weighted by Crippen LogP contribution is -2.49. The van der Waals surface area contributed by atoms with Gasteiger partial charge in [-0.05, 0) is 47.0 Å². The number of benzene rings is 4. The number of carbonyl (C=O) groups excluding carboxylic acids is 2. The first-order chi connectivity index (χ1) is 25.0. The Hall–Kier alpha value is -5.59. The van der Waals surface area contributed by atoms with Crippen molar-refractivity contribution < 1.29 is 27.9 Å². The maximum Gasteiger partial charge on any atom is 0.410 e. The van der Waals surface area contributed by atoms with Gasteiger partial charge in [0.15, 0.2) is 11.2 Å². The molecule has 2 amide bonds. The van der Waals surface area contributed by atoms with Gasteiger partial charge in [-0.3, -0.25) is 0 Å². The van der Waals surface area contributed by atoms with Crippen LogP contribution in [0.1, 0.15) is 11.1 Å². The van der Waals surface area contributed by atoms with E-state index in [1.165, 1.54) is 0 Å². The zero-order chi connectivity index (χ0) is 35.3. The first-order valence-corrected chi connectivity index (χ1v) is 17.1. The summed E-state index contributed by atoms with van der Waals surface area (Å²) in [5.41, 5.74) is 5.16. The summed E-state index contributed by atoms with van der Waals surface area (Å²) in [5.74, 6) is 0. The molecule has 0 atom stereocenters. The fourth-order valence-corrected chi connectivity index (χ4v) is 5.56. The molecule has 12 nitrogen and oxygen atoms in total. The number of rotatable bonds is 5. The maximum absolute atomic E-state index is 12.2. The zero-order valence-electron chi connectivity index (χ0n) is 28.0. The molecule has 264 valence electrons. The predicted octanol–water partition coefficient (Wildman–Crippen LogP) is 7.00. The molecule has 0 aliphatic carbocycles. The van der Waals surface area contributed by atoms with Crippen LogP contribution in [0.4, 0.5) is 15.6 Å². The van der Waals surface area contributed by atoms with Crippen LogP contribution in [0, 0.1) is 0 Å². The second kappa shape index (κ2) is 17.9. The second-order valence-corrected chi connectivity index (χ2v) is 12.0. The van der Waals surface area contributed by atoms with Crippen LogP contribution in [-0.4, -0.2) is 84.3 Å². The summed E-state index contributed by atoms with van der Waals surface area (Å²) < 4.78 is 21.4. The Bertz CT molecular complexity index is 1910. The van der Waals surface area contributed by atoms with Crippen LogP contribution in [0.3, 0.4) is 0 Å². The molecular formula is C38H39ClN6O6. The quantitative estimate of drug-likeness (QED) is 0.200. The second-order valence-electron chi connectivity index (χ2n) is 11.7. The predicted molar refractivity (Wildman–Crippen MR) is 195 cm³/mol. The molecular weight excluding hydrogens is 672 g/mol. The number of nitrogens with zero attached hydrogens (tertiary/aromatic N) is 5. The third-order valence-corrected chi connectivity index (χ3v) is 8.31. The van der Waals surface area contributed by atoms with Gasteiger partial charge in [0, 0.05) is 52.4 Å². The van der Waals surface area contributed by atoms with Gasteiger partial charge in [-0.15, -0.1) is 0 Å². The molecule has 8 rings (SSSR count). The molecule has 0 radical (unpaired) electrons. The maximum atomic E-state index is 12.2. The van der Waals surface area contributed by atoms with E-state index >= 15 is 0 Å². The van der Waals surface area contributed by atoms with Crippen molar-refractivity contribution in [1.29, 1.82) is 0 Å². The number of oxazole rings is 2. The van der Waals surface area contributed by atoms with Crippen molar-refractivity contribution in [1.82, 2.24) is 25.1 Å². The molecule has 0 unspecified atom stereocenters. The average Bonchev–Trinajstić information content (AvgIpc) is 3.81. The van der Waals surface area contributed by atoms with Gasteiger partial charge in [-0.1, -0.05) is 84.9 Å². The van der Waals surface area contributed by atoms with Crippen molar-refractivity contribution in [3.8, 4) is 0 Å². The summed E-state index contributed by atoms with van der Waals surface area (Å²) in [5, 5.41) is 3.39. The molecule has 2 saturated heterocycles. The van der Waals surface area contributed by atoms with Gasteiger partial charge in [-0.25, -0.2) is 9.59 Å². The molecule has 2 aromatic heterocycles. The van der Waals surface area contributed by atoms with Crippen LogP contribution in [0.5, 0.6) is 0 Å². The molecule has 2 aliphatic heterocycles. The Kier molecular flexibility index (Phi) is 12.4. The molecule has 0 bridgehead atoms. The van der Waals surface area contributed by atoms with Crippen LogP contribution in [-0.2, 0) is 22.7 Å². The number of amides is 2. The van der Waals surface area contributed by atoms with E-state index in [-0.39, 0.29) is 17.5 Å². The van der Waals surface area contributed by atoms with Gasteiger partial charge in [0.25, 0.3) is 11.4 Å². The van der Waals surface area contributed by atoms with Crippen LogP contribution in [0.25, 0.3) is 22.2 Å². The van der Waals surface area contributed by atoms with Crippen molar-refractivity contribution in [2.75, 3.05) is 57.3 Å². The molecule has 1 N–H and O–H groups in total. The molecule has 0 saturated carbocycles. The highest BCUT2D eigenvalue weighted by atomic mass is 35.5. The van der Waals surface area contributed by atoms with E-state index in [1.54, 1.807) is 9.80 Å². The highest BCUT2D eigenvalue weighted by Gasteiger charge is 2.25. The average molecular weight is 711 g/mol. The molecule has 6 aromatic rings. The summed E-state index contributed by atoms with van der Waals surface area (Å²) in [7, 11) is 0. The van der Waals surface area contributed by atoms with Crippen LogP contribution in [0.2, 0.25) is 5.35 Å². The third kappa shape index (κ3) is 10.2. The topological polar surface area (TPSA) is 126 Å². The smallest absolute Gasteiger partial charge is 0.410 e. The van der Waals surface area contributed by atoms with Gasteiger partial charge in [-0.2, -0.15) is 9.97 Å². The van der Waals surface area contributed by atoms with Gasteiger partial charge in [0.05, 0.1) is 0 Å². The first-order valence-electron chi connectivity index (χ1n) is 16.8. The number of carbonyl (C=O) groups is 2. The Morgan fingerprint density at radius 2 is 1.08 bits per heavy atom. The van der Waals surface area contributed by atoms with E-state index in [4.69, 9.17) is 29.9 Å². The van der Waals surface area contributed by atoms with Gasteiger partial charge < -0.3 is 38.3 Å². The fourth-order valence-electron chi connectivity index (χ4n) is 5.39. The summed E-state index contributed by atoms with van der Waals surface area (Å²) in [6, 6.07) is 35.2. The number of anilines is 1. The lowest BCUT2D eigenvalue weighted by Gasteiger charge is -2.33.